The molecule has 0 saturated carbocycles. The van der Waals surface area contributed by atoms with Crippen molar-refractivity contribution < 1.29 is 13.2 Å². The highest BCUT2D eigenvalue weighted by atomic mass is 32.2. The molecule has 8 heteroatoms. The summed E-state index contributed by atoms with van der Waals surface area (Å²) in [5.74, 6) is -0.405. The molecule has 3 rings (SSSR count). The van der Waals surface area contributed by atoms with Gasteiger partial charge in [-0.2, -0.15) is 9.57 Å². The van der Waals surface area contributed by atoms with Crippen LogP contribution in [0, 0.1) is 11.3 Å². The number of amides is 1. The van der Waals surface area contributed by atoms with Gasteiger partial charge in [-0.3, -0.25) is 4.79 Å². The van der Waals surface area contributed by atoms with Crippen molar-refractivity contribution in [1.29, 1.82) is 5.26 Å². The van der Waals surface area contributed by atoms with E-state index in [0.29, 0.717) is 18.7 Å². The second-order valence-electron chi connectivity index (χ2n) is 6.51. The largest absolute Gasteiger partial charge is 0.345 e. The van der Waals surface area contributed by atoms with E-state index in [1.807, 2.05) is 6.92 Å². The highest BCUT2D eigenvalue weighted by molar-refractivity contribution is 7.89. The van der Waals surface area contributed by atoms with Gasteiger partial charge < -0.3 is 5.32 Å². The van der Waals surface area contributed by atoms with Crippen LogP contribution in [0.4, 0.5) is 0 Å². The first-order chi connectivity index (χ1) is 12.9. The minimum atomic E-state index is -3.66. The van der Waals surface area contributed by atoms with E-state index in [1.54, 1.807) is 29.6 Å². The van der Waals surface area contributed by atoms with Crippen LogP contribution in [-0.4, -0.2) is 31.7 Å². The fourth-order valence-electron chi connectivity index (χ4n) is 3.10. The van der Waals surface area contributed by atoms with E-state index in [1.165, 1.54) is 10.4 Å². The summed E-state index contributed by atoms with van der Waals surface area (Å²) < 4.78 is 27.3. The summed E-state index contributed by atoms with van der Waals surface area (Å²) in [6, 6.07) is 10.2. The first kappa shape index (κ1) is 19.5. The number of nitriles is 1. The van der Waals surface area contributed by atoms with Gasteiger partial charge in [0.1, 0.15) is 9.77 Å². The molecule has 1 aromatic heterocycles. The number of hydrogen-bond donors (Lipinski definition) is 1. The molecule has 2 aromatic rings. The Morgan fingerprint density at radius 3 is 2.48 bits per heavy atom. The summed E-state index contributed by atoms with van der Waals surface area (Å²) in [6.45, 7) is 2.83. The third-order valence-electron chi connectivity index (χ3n) is 4.66. The highest BCUT2D eigenvalue weighted by Gasteiger charge is 2.31. The Balaban J connectivity index is 1.78. The van der Waals surface area contributed by atoms with Crippen molar-refractivity contribution >= 4 is 27.3 Å². The number of sulfonamides is 1. The second-order valence-corrected chi connectivity index (χ2v) is 9.33. The fourth-order valence-corrected chi connectivity index (χ4v) is 5.92. The molecule has 1 aliphatic rings. The summed E-state index contributed by atoms with van der Waals surface area (Å²) in [7, 11) is -3.66. The molecule has 27 heavy (non-hydrogen) atoms. The van der Waals surface area contributed by atoms with Crippen LogP contribution in [0.2, 0.25) is 0 Å². The van der Waals surface area contributed by atoms with E-state index in [-0.39, 0.29) is 15.8 Å². The number of nitrogens with zero attached hydrogens (tertiary/aromatic N) is 2. The van der Waals surface area contributed by atoms with Crippen molar-refractivity contribution in [3.05, 3.63) is 51.7 Å². The monoisotopic (exact) mass is 403 g/mol. The van der Waals surface area contributed by atoms with Gasteiger partial charge in [-0.05, 0) is 48.9 Å². The number of carbonyl (C=O) groups excluding carboxylic acids is 1. The summed E-state index contributed by atoms with van der Waals surface area (Å²) in [6.07, 6.45) is 2.73. The maximum absolute atomic E-state index is 12.9. The molecular formula is C19H21N3O3S2. The Hall–Kier alpha value is -2.21. The molecule has 0 spiro atoms. The smallest absolute Gasteiger partial charge is 0.263 e. The maximum atomic E-state index is 12.9. The van der Waals surface area contributed by atoms with E-state index >= 15 is 0 Å². The number of benzene rings is 1. The average Bonchev–Trinajstić information content (AvgIpc) is 3.19. The Bertz CT molecular complexity index is 953. The molecule has 1 fully saturated rings. The lowest BCUT2D eigenvalue weighted by molar-refractivity contribution is 0.0941. The highest BCUT2D eigenvalue weighted by Crippen LogP contribution is 2.28. The third kappa shape index (κ3) is 4.21. The van der Waals surface area contributed by atoms with Crippen molar-refractivity contribution in [3.63, 3.8) is 0 Å². The van der Waals surface area contributed by atoms with Crippen molar-refractivity contribution in [2.75, 3.05) is 13.1 Å². The zero-order valence-electron chi connectivity index (χ0n) is 15.0. The topological polar surface area (TPSA) is 90.3 Å². The van der Waals surface area contributed by atoms with Crippen LogP contribution < -0.4 is 5.32 Å². The van der Waals surface area contributed by atoms with Gasteiger partial charge in [-0.15, -0.1) is 11.3 Å². The molecule has 142 valence electrons. The quantitative estimate of drug-likeness (QED) is 0.829. The zero-order valence-corrected chi connectivity index (χ0v) is 16.6. The van der Waals surface area contributed by atoms with Crippen LogP contribution in [0.5, 0.6) is 0 Å². The van der Waals surface area contributed by atoms with Crippen molar-refractivity contribution in [2.45, 2.75) is 37.1 Å². The predicted molar refractivity (Wildman–Crippen MR) is 104 cm³/mol. The molecule has 1 unspecified atom stereocenters. The van der Waals surface area contributed by atoms with Crippen LogP contribution in [-0.2, 0) is 10.0 Å². The number of rotatable bonds is 5. The lowest BCUT2D eigenvalue weighted by Gasteiger charge is -2.26. The Kier molecular flexibility index (Phi) is 5.95. The molecule has 6 nitrogen and oxygen atoms in total. The van der Waals surface area contributed by atoms with Gasteiger partial charge in [-0.1, -0.05) is 18.6 Å². The molecule has 1 atom stereocenters. The molecule has 1 amide bonds. The Morgan fingerprint density at radius 2 is 1.85 bits per heavy atom. The lowest BCUT2D eigenvalue weighted by Crippen LogP contribution is -2.36. The Morgan fingerprint density at radius 1 is 1.19 bits per heavy atom. The minimum absolute atomic E-state index is 0.0823. The van der Waals surface area contributed by atoms with Crippen LogP contribution in [0.3, 0.4) is 0 Å². The van der Waals surface area contributed by atoms with E-state index in [0.717, 1.165) is 36.2 Å². The van der Waals surface area contributed by atoms with Gasteiger partial charge in [0.15, 0.2) is 0 Å². The van der Waals surface area contributed by atoms with Crippen molar-refractivity contribution in [1.82, 2.24) is 9.62 Å². The van der Waals surface area contributed by atoms with Crippen molar-refractivity contribution in [2.24, 2.45) is 0 Å². The summed E-state index contributed by atoms with van der Waals surface area (Å²) in [5, 5.41) is 13.4. The zero-order chi connectivity index (χ0) is 19.4. The molecule has 0 radical (unpaired) electrons. The number of thiophene rings is 1. The van der Waals surface area contributed by atoms with E-state index < -0.39 is 15.9 Å². The summed E-state index contributed by atoms with van der Waals surface area (Å²) in [4.78, 5) is 13.0. The molecular weight excluding hydrogens is 382 g/mol. The number of carbonyl (C=O) groups is 1. The summed E-state index contributed by atoms with van der Waals surface area (Å²) >= 11 is 1.13. The van der Waals surface area contributed by atoms with Gasteiger partial charge in [0.2, 0.25) is 10.0 Å². The maximum Gasteiger partial charge on any atom is 0.263 e. The second kappa shape index (κ2) is 8.21. The normalized spacial score (nSPS) is 16.4. The van der Waals surface area contributed by atoms with Crippen LogP contribution in [0.25, 0.3) is 0 Å². The van der Waals surface area contributed by atoms with Gasteiger partial charge >= 0.3 is 0 Å². The van der Waals surface area contributed by atoms with Crippen LogP contribution in [0.1, 0.15) is 53.0 Å². The predicted octanol–water partition coefficient (Wildman–Crippen LogP) is 3.29. The molecule has 0 aliphatic carbocycles. The first-order valence-corrected chi connectivity index (χ1v) is 11.1. The molecule has 1 aliphatic heterocycles. The summed E-state index contributed by atoms with van der Waals surface area (Å²) in [5.41, 5.74) is 1.39. The number of hydrogen-bond acceptors (Lipinski definition) is 5. The molecule has 1 saturated heterocycles. The van der Waals surface area contributed by atoms with Gasteiger partial charge in [0, 0.05) is 13.1 Å². The standard InChI is InChI=1S/C19H21N3O3S2/c1-14(16-7-5-15(13-20)6-8-16)21-19(23)18-17(9-12-26-18)27(24,25)22-10-3-2-4-11-22/h5-9,12,14H,2-4,10-11H2,1H3,(H,21,23). The van der Waals surface area contributed by atoms with Crippen molar-refractivity contribution in [3.8, 4) is 6.07 Å². The van der Waals surface area contributed by atoms with Gasteiger partial charge in [0.25, 0.3) is 5.91 Å². The Labute approximate surface area is 163 Å². The van der Waals surface area contributed by atoms with Crippen LogP contribution >= 0.6 is 11.3 Å². The first-order valence-electron chi connectivity index (χ1n) is 8.82. The fraction of sp³-hybridized carbons (Fsp3) is 0.368. The molecule has 1 aromatic carbocycles. The van der Waals surface area contributed by atoms with E-state index in [9.17, 15) is 13.2 Å². The van der Waals surface area contributed by atoms with Gasteiger partial charge in [0.05, 0.1) is 17.7 Å². The average molecular weight is 404 g/mol. The minimum Gasteiger partial charge on any atom is -0.345 e. The molecule has 2 heterocycles. The molecule has 1 N–H and O–H groups in total. The van der Waals surface area contributed by atoms with E-state index in [4.69, 9.17) is 5.26 Å². The molecule has 0 bridgehead atoms. The SMILES string of the molecule is CC(NC(=O)c1sccc1S(=O)(=O)N1CCCCC1)c1ccc(C#N)cc1. The number of piperidine rings is 1. The van der Waals surface area contributed by atoms with E-state index in [2.05, 4.69) is 11.4 Å². The van der Waals surface area contributed by atoms with Crippen LogP contribution in [0.15, 0.2) is 40.6 Å². The number of nitrogens with one attached hydrogen (secondary N) is 1. The third-order valence-corrected chi connectivity index (χ3v) is 7.64. The lowest BCUT2D eigenvalue weighted by atomic mass is 10.1. The van der Waals surface area contributed by atoms with Gasteiger partial charge in [-0.25, -0.2) is 8.42 Å².